The second-order valence-electron chi connectivity index (χ2n) is 6.40. The summed E-state index contributed by atoms with van der Waals surface area (Å²) in [7, 11) is -4.15. The van der Waals surface area contributed by atoms with Crippen molar-refractivity contribution in [3.05, 3.63) is 59.2 Å². The monoisotopic (exact) mass is 434 g/mol. The van der Waals surface area contributed by atoms with Crippen molar-refractivity contribution in [3.8, 4) is 0 Å². The molecule has 1 amide bonds. The van der Waals surface area contributed by atoms with Crippen LogP contribution in [-0.2, 0) is 16.2 Å². The quantitative estimate of drug-likeness (QED) is 0.740. The van der Waals surface area contributed by atoms with Gasteiger partial charge in [0.1, 0.15) is 16.5 Å². The van der Waals surface area contributed by atoms with Gasteiger partial charge in [0, 0.05) is 24.3 Å². The number of benzene rings is 2. The molecule has 29 heavy (non-hydrogen) atoms. The number of halogens is 5. The molecule has 0 aliphatic carbocycles. The van der Waals surface area contributed by atoms with Crippen LogP contribution in [0.2, 0.25) is 0 Å². The van der Waals surface area contributed by atoms with Gasteiger partial charge >= 0.3 is 6.18 Å². The second kappa shape index (κ2) is 7.71. The van der Waals surface area contributed by atoms with Crippen LogP contribution in [0, 0.1) is 11.6 Å². The Labute approximate surface area is 163 Å². The summed E-state index contributed by atoms with van der Waals surface area (Å²) < 4.78 is 92.1. The van der Waals surface area contributed by atoms with Crippen LogP contribution in [0.25, 0.3) is 0 Å². The first-order valence-electron chi connectivity index (χ1n) is 8.48. The summed E-state index contributed by atoms with van der Waals surface area (Å²) in [5.41, 5.74) is -2.19. The molecule has 1 fully saturated rings. The fourth-order valence-corrected chi connectivity index (χ4v) is 4.54. The molecule has 1 aliphatic heterocycles. The van der Waals surface area contributed by atoms with E-state index in [9.17, 15) is 35.2 Å². The molecular formula is C18H15F5N2O3S. The summed E-state index contributed by atoms with van der Waals surface area (Å²) in [6, 6.07) is 4.51. The van der Waals surface area contributed by atoms with E-state index in [2.05, 4.69) is 5.32 Å². The summed E-state index contributed by atoms with van der Waals surface area (Å²) in [5, 5.41) is 2.13. The molecular weight excluding hydrogens is 419 g/mol. The van der Waals surface area contributed by atoms with Crippen LogP contribution < -0.4 is 5.32 Å². The van der Waals surface area contributed by atoms with Crippen LogP contribution in [0.3, 0.4) is 0 Å². The van der Waals surface area contributed by atoms with Gasteiger partial charge in [-0.3, -0.25) is 4.79 Å². The van der Waals surface area contributed by atoms with Crippen molar-refractivity contribution in [1.82, 2.24) is 4.31 Å². The maximum atomic E-state index is 14.1. The lowest BCUT2D eigenvalue weighted by Gasteiger charge is -2.16. The predicted octanol–water partition coefficient (Wildman–Crippen LogP) is 4.02. The zero-order valence-corrected chi connectivity index (χ0v) is 15.6. The Hall–Kier alpha value is -2.53. The van der Waals surface area contributed by atoms with E-state index < -0.39 is 44.2 Å². The highest BCUT2D eigenvalue weighted by Crippen LogP contribution is 2.33. The molecule has 3 rings (SSSR count). The third-order valence-corrected chi connectivity index (χ3v) is 6.32. The van der Waals surface area contributed by atoms with Gasteiger partial charge in [-0.25, -0.2) is 17.2 Å². The third-order valence-electron chi connectivity index (χ3n) is 4.41. The highest BCUT2D eigenvalue weighted by molar-refractivity contribution is 7.89. The molecule has 0 saturated carbocycles. The van der Waals surface area contributed by atoms with E-state index in [4.69, 9.17) is 0 Å². The number of nitrogens with zero attached hydrogens (tertiary/aromatic N) is 1. The number of rotatable bonds is 4. The Morgan fingerprint density at radius 2 is 1.59 bits per heavy atom. The Bertz CT molecular complexity index is 1050. The fraction of sp³-hybridized carbons (Fsp3) is 0.278. The standard InChI is InChI=1S/C18H15F5N2O3S/c19-14-6-4-12(10-13(14)18(21,22)23)24-17(26)11-3-5-15(20)16(9-11)29(27,28)25-7-1-2-8-25/h3-6,9-10H,1-2,7-8H2,(H,24,26). The van der Waals surface area contributed by atoms with Crippen molar-refractivity contribution in [2.45, 2.75) is 23.9 Å². The van der Waals surface area contributed by atoms with Gasteiger partial charge in [-0.1, -0.05) is 0 Å². The number of anilines is 1. The molecule has 11 heteroatoms. The molecule has 0 spiro atoms. The van der Waals surface area contributed by atoms with Crippen LogP contribution in [0.4, 0.5) is 27.6 Å². The topological polar surface area (TPSA) is 66.5 Å². The molecule has 0 aromatic heterocycles. The summed E-state index contributed by atoms with van der Waals surface area (Å²) in [5.74, 6) is -3.52. The summed E-state index contributed by atoms with van der Waals surface area (Å²) in [6.45, 7) is 0.460. The van der Waals surface area contributed by atoms with E-state index in [0.717, 1.165) is 28.6 Å². The smallest absolute Gasteiger partial charge is 0.322 e. The van der Waals surface area contributed by atoms with Crippen LogP contribution >= 0.6 is 0 Å². The molecule has 0 atom stereocenters. The molecule has 5 nitrogen and oxygen atoms in total. The van der Waals surface area contributed by atoms with Gasteiger partial charge in [-0.15, -0.1) is 0 Å². The van der Waals surface area contributed by atoms with E-state index >= 15 is 0 Å². The molecule has 0 radical (unpaired) electrons. The summed E-state index contributed by atoms with van der Waals surface area (Å²) in [4.78, 5) is 11.7. The van der Waals surface area contributed by atoms with Gasteiger partial charge in [-0.05, 0) is 49.2 Å². The summed E-state index contributed by atoms with van der Waals surface area (Å²) >= 11 is 0. The average Bonchev–Trinajstić information content (AvgIpc) is 3.18. The van der Waals surface area contributed by atoms with Gasteiger partial charge in [0.25, 0.3) is 5.91 Å². The first-order valence-corrected chi connectivity index (χ1v) is 9.92. The van der Waals surface area contributed by atoms with Crippen LogP contribution in [-0.4, -0.2) is 31.7 Å². The van der Waals surface area contributed by atoms with E-state index in [0.29, 0.717) is 25.0 Å². The van der Waals surface area contributed by atoms with Crippen molar-refractivity contribution in [2.24, 2.45) is 0 Å². The maximum Gasteiger partial charge on any atom is 0.419 e. The lowest BCUT2D eigenvalue weighted by Crippen LogP contribution is -2.29. The van der Waals surface area contributed by atoms with E-state index in [-0.39, 0.29) is 24.3 Å². The van der Waals surface area contributed by atoms with Crippen LogP contribution in [0.15, 0.2) is 41.3 Å². The normalized spacial score (nSPS) is 15.5. The molecule has 0 bridgehead atoms. The van der Waals surface area contributed by atoms with E-state index in [1.54, 1.807) is 0 Å². The van der Waals surface area contributed by atoms with Gasteiger partial charge in [0.05, 0.1) is 5.56 Å². The molecule has 156 valence electrons. The minimum absolute atomic E-state index is 0.230. The summed E-state index contributed by atoms with van der Waals surface area (Å²) in [6.07, 6.45) is -3.70. The number of sulfonamides is 1. The number of nitrogens with one attached hydrogen (secondary N) is 1. The lowest BCUT2D eigenvalue weighted by molar-refractivity contribution is -0.139. The average molecular weight is 434 g/mol. The minimum atomic E-state index is -4.96. The lowest BCUT2D eigenvalue weighted by atomic mass is 10.1. The molecule has 0 unspecified atom stereocenters. The molecule has 2 aromatic carbocycles. The third kappa shape index (κ3) is 4.40. The van der Waals surface area contributed by atoms with Crippen molar-refractivity contribution >= 4 is 21.6 Å². The van der Waals surface area contributed by atoms with Crippen LogP contribution in [0.1, 0.15) is 28.8 Å². The maximum absolute atomic E-state index is 14.1. The zero-order valence-electron chi connectivity index (χ0n) is 14.8. The van der Waals surface area contributed by atoms with Crippen molar-refractivity contribution in [2.75, 3.05) is 18.4 Å². The number of hydrogen-bond acceptors (Lipinski definition) is 3. The highest BCUT2D eigenvalue weighted by atomic mass is 32.2. The largest absolute Gasteiger partial charge is 0.419 e. The number of amides is 1. The number of carbonyl (C=O) groups is 1. The second-order valence-corrected chi connectivity index (χ2v) is 8.31. The first kappa shape index (κ1) is 21.2. The number of alkyl halides is 3. The van der Waals surface area contributed by atoms with Gasteiger partial charge in [-0.2, -0.15) is 17.5 Å². The fourth-order valence-electron chi connectivity index (χ4n) is 2.93. The predicted molar refractivity (Wildman–Crippen MR) is 93.7 cm³/mol. The zero-order chi connectivity index (χ0) is 21.4. The van der Waals surface area contributed by atoms with Crippen molar-refractivity contribution < 1.29 is 35.2 Å². The molecule has 1 saturated heterocycles. The molecule has 1 N–H and O–H groups in total. The molecule has 2 aromatic rings. The Balaban J connectivity index is 1.89. The minimum Gasteiger partial charge on any atom is -0.322 e. The van der Waals surface area contributed by atoms with E-state index in [1.165, 1.54) is 0 Å². The van der Waals surface area contributed by atoms with Gasteiger partial charge < -0.3 is 5.32 Å². The number of carbonyl (C=O) groups excluding carboxylic acids is 1. The van der Waals surface area contributed by atoms with Crippen molar-refractivity contribution in [3.63, 3.8) is 0 Å². The molecule has 1 aliphatic rings. The van der Waals surface area contributed by atoms with Gasteiger partial charge in [0.15, 0.2) is 0 Å². The first-order chi connectivity index (χ1) is 13.5. The van der Waals surface area contributed by atoms with Crippen molar-refractivity contribution in [1.29, 1.82) is 0 Å². The Morgan fingerprint density at radius 1 is 0.966 bits per heavy atom. The SMILES string of the molecule is O=C(Nc1ccc(F)c(C(F)(F)F)c1)c1ccc(F)c(S(=O)(=O)N2CCCC2)c1. The highest BCUT2D eigenvalue weighted by Gasteiger charge is 2.34. The Kier molecular flexibility index (Phi) is 5.63. The van der Waals surface area contributed by atoms with Gasteiger partial charge in [0.2, 0.25) is 10.0 Å². The number of hydrogen-bond donors (Lipinski definition) is 1. The Morgan fingerprint density at radius 3 is 2.21 bits per heavy atom. The van der Waals surface area contributed by atoms with E-state index in [1.807, 2.05) is 0 Å². The molecule has 1 heterocycles. The van der Waals surface area contributed by atoms with Crippen LogP contribution in [0.5, 0.6) is 0 Å².